The summed E-state index contributed by atoms with van der Waals surface area (Å²) in [6.07, 6.45) is -0.864. The zero-order valence-corrected chi connectivity index (χ0v) is 18.5. The number of benzene rings is 2. The average Bonchev–Trinajstić information content (AvgIpc) is 2.70. The number of methoxy groups -OCH3 is 1. The molecule has 31 heavy (non-hydrogen) atoms. The molecule has 0 aliphatic heterocycles. The lowest BCUT2D eigenvalue weighted by molar-refractivity contribution is -0.158. The van der Waals surface area contributed by atoms with Crippen molar-refractivity contribution in [1.29, 1.82) is 0 Å². The third kappa shape index (κ3) is 6.06. The molecule has 6 heteroatoms. The Morgan fingerprint density at radius 1 is 0.968 bits per heavy atom. The van der Waals surface area contributed by atoms with E-state index in [0.717, 1.165) is 11.1 Å². The first-order chi connectivity index (χ1) is 14.4. The minimum atomic E-state index is -1.29. The average molecular weight is 424 g/mol. The molecular weight excluding hydrogens is 396 g/mol. The third-order valence-corrected chi connectivity index (χ3v) is 4.47. The molecule has 0 bridgehead atoms. The Morgan fingerprint density at radius 2 is 1.55 bits per heavy atom. The van der Waals surface area contributed by atoms with Gasteiger partial charge >= 0.3 is 11.9 Å². The van der Waals surface area contributed by atoms with Crippen molar-refractivity contribution in [2.75, 3.05) is 7.11 Å². The lowest BCUT2D eigenvalue weighted by Gasteiger charge is -2.29. The molecule has 1 atom stereocenters. The fourth-order valence-corrected chi connectivity index (χ4v) is 2.83. The molecule has 1 N–H and O–H groups in total. The van der Waals surface area contributed by atoms with Gasteiger partial charge in [-0.15, -0.1) is 0 Å². The first-order valence-electron chi connectivity index (χ1n) is 9.69. The predicted molar refractivity (Wildman–Crippen MR) is 119 cm³/mol. The van der Waals surface area contributed by atoms with E-state index < -0.39 is 23.6 Å². The van der Waals surface area contributed by atoms with Crippen molar-refractivity contribution in [2.45, 2.75) is 39.4 Å². The van der Waals surface area contributed by atoms with Gasteiger partial charge in [0, 0.05) is 22.8 Å². The predicted octanol–water partition coefficient (Wildman–Crippen LogP) is 4.78. The van der Waals surface area contributed by atoms with Gasteiger partial charge in [-0.2, -0.15) is 0 Å². The summed E-state index contributed by atoms with van der Waals surface area (Å²) in [4.78, 5) is 23.7. The molecule has 0 aromatic heterocycles. The highest BCUT2D eigenvalue weighted by Crippen LogP contribution is 2.36. The molecular formula is C25H28O6. The number of carbonyl (C=O) groups is 2. The maximum Gasteiger partial charge on any atom is 0.338 e. The van der Waals surface area contributed by atoms with Crippen LogP contribution in [0.1, 0.15) is 39.4 Å². The molecule has 1 unspecified atom stereocenters. The Morgan fingerprint density at radius 3 is 2.03 bits per heavy atom. The molecule has 0 amide bonds. The van der Waals surface area contributed by atoms with Crippen LogP contribution in [0.2, 0.25) is 0 Å². The SMILES string of the molecule is C=C(C)C(=O)Oc1ccc(-c2ccc(C(OC(=O)C(=C)C)C(C)(C)O)cc2)c(OC)c1. The van der Waals surface area contributed by atoms with Crippen LogP contribution in [0.3, 0.4) is 0 Å². The summed E-state index contributed by atoms with van der Waals surface area (Å²) in [5.41, 5.74) is 1.51. The van der Waals surface area contributed by atoms with Gasteiger partial charge in [0.05, 0.1) is 7.11 Å². The van der Waals surface area contributed by atoms with E-state index in [-0.39, 0.29) is 5.57 Å². The lowest BCUT2D eigenvalue weighted by atomic mass is 9.93. The number of hydrogen-bond acceptors (Lipinski definition) is 6. The zero-order chi connectivity index (χ0) is 23.3. The summed E-state index contributed by atoms with van der Waals surface area (Å²) in [7, 11) is 1.53. The van der Waals surface area contributed by atoms with Crippen molar-refractivity contribution in [2.24, 2.45) is 0 Å². The maximum atomic E-state index is 12.0. The second-order valence-corrected chi connectivity index (χ2v) is 7.87. The Kier molecular flexibility index (Phi) is 7.41. The first-order valence-corrected chi connectivity index (χ1v) is 9.69. The molecule has 0 spiro atoms. The van der Waals surface area contributed by atoms with Crippen molar-refractivity contribution < 1.29 is 28.9 Å². The number of aliphatic hydroxyl groups is 1. The van der Waals surface area contributed by atoms with E-state index in [2.05, 4.69) is 13.2 Å². The third-order valence-electron chi connectivity index (χ3n) is 4.47. The van der Waals surface area contributed by atoms with Gasteiger partial charge < -0.3 is 19.3 Å². The fraction of sp³-hybridized carbons (Fsp3) is 0.280. The van der Waals surface area contributed by atoms with Crippen LogP contribution in [-0.4, -0.2) is 29.8 Å². The second-order valence-electron chi connectivity index (χ2n) is 7.87. The molecule has 6 nitrogen and oxygen atoms in total. The van der Waals surface area contributed by atoms with Crippen molar-refractivity contribution in [3.8, 4) is 22.6 Å². The van der Waals surface area contributed by atoms with Crippen LogP contribution in [0.4, 0.5) is 0 Å². The van der Waals surface area contributed by atoms with Crippen LogP contribution >= 0.6 is 0 Å². The van der Waals surface area contributed by atoms with E-state index in [1.54, 1.807) is 58.0 Å². The normalized spacial score (nSPS) is 11.9. The van der Waals surface area contributed by atoms with Gasteiger partial charge in [-0.1, -0.05) is 37.4 Å². The molecule has 0 saturated heterocycles. The molecule has 0 saturated carbocycles. The molecule has 0 fully saturated rings. The molecule has 0 aliphatic rings. The van der Waals surface area contributed by atoms with Gasteiger partial charge in [-0.25, -0.2) is 9.59 Å². The minimum absolute atomic E-state index is 0.253. The van der Waals surface area contributed by atoms with Crippen molar-refractivity contribution >= 4 is 11.9 Å². The summed E-state index contributed by atoms with van der Waals surface area (Å²) in [5.74, 6) is -0.217. The molecule has 2 aromatic rings. The van der Waals surface area contributed by atoms with Gasteiger partial charge in [0.25, 0.3) is 0 Å². The Balaban J connectivity index is 2.35. The highest BCUT2D eigenvalue weighted by molar-refractivity contribution is 5.89. The second kappa shape index (κ2) is 9.62. The van der Waals surface area contributed by atoms with Gasteiger partial charge in [0.15, 0.2) is 6.10 Å². The number of hydrogen-bond donors (Lipinski definition) is 1. The number of carbonyl (C=O) groups excluding carboxylic acids is 2. The topological polar surface area (TPSA) is 82.1 Å². The quantitative estimate of drug-likeness (QED) is 0.373. The van der Waals surface area contributed by atoms with Crippen LogP contribution in [0, 0.1) is 0 Å². The summed E-state index contributed by atoms with van der Waals surface area (Å²) in [6.45, 7) is 13.4. The monoisotopic (exact) mass is 424 g/mol. The summed E-state index contributed by atoms with van der Waals surface area (Å²) in [6, 6.07) is 12.3. The highest BCUT2D eigenvalue weighted by atomic mass is 16.6. The smallest absolute Gasteiger partial charge is 0.338 e. The van der Waals surface area contributed by atoms with Crippen LogP contribution < -0.4 is 9.47 Å². The molecule has 164 valence electrons. The number of ether oxygens (including phenoxy) is 3. The van der Waals surface area contributed by atoms with Crippen LogP contribution in [0.15, 0.2) is 66.8 Å². The van der Waals surface area contributed by atoms with E-state index in [9.17, 15) is 14.7 Å². The van der Waals surface area contributed by atoms with Gasteiger partial charge in [0.2, 0.25) is 0 Å². The van der Waals surface area contributed by atoms with E-state index >= 15 is 0 Å². The van der Waals surface area contributed by atoms with Crippen molar-refractivity contribution in [1.82, 2.24) is 0 Å². The molecule has 0 aliphatic carbocycles. The standard InChI is InChI=1S/C25H28O6/c1-15(2)23(26)30-19-12-13-20(21(14-19)29-7)17-8-10-18(11-9-17)22(25(5,6)28)31-24(27)16(3)4/h8-14,22,28H,1,3H2,2,4-7H3. The van der Waals surface area contributed by atoms with Crippen molar-refractivity contribution in [3.05, 3.63) is 72.3 Å². The van der Waals surface area contributed by atoms with Gasteiger partial charge in [-0.3, -0.25) is 0 Å². The molecule has 2 rings (SSSR count). The van der Waals surface area contributed by atoms with Gasteiger partial charge in [0.1, 0.15) is 17.1 Å². The van der Waals surface area contributed by atoms with Crippen LogP contribution in [0.5, 0.6) is 11.5 Å². The first kappa shape index (κ1) is 23.9. The highest BCUT2D eigenvalue weighted by Gasteiger charge is 2.32. The van der Waals surface area contributed by atoms with E-state index in [4.69, 9.17) is 14.2 Å². The van der Waals surface area contributed by atoms with E-state index in [1.165, 1.54) is 7.11 Å². The zero-order valence-electron chi connectivity index (χ0n) is 18.5. The molecule has 2 aromatic carbocycles. The summed E-state index contributed by atoms with van der Waals surface area (Å²) < 4.78 is 16.2. The van der Waals surface area contributed by atoms with E-state index in [0.29, 0.717) is 22.6 Å². The number of esters is 2. The van der Waals surface area contributed by atoms with E-state index in [1.807, 2.05) is 12.1 Å². The summed E-state index contributed by atoms with van der Waals surface area (Å²) >= 11 is 0. The van der Waals surface area contributed by atoms with Gasteiger partial charge in [-0.05, 0) is 51.0 Å². The van der Waals surface area contributed by atoms with Crippen molar-refractivity contribution in [3.63, 3.8) is 0 Å². The lowest BCUT2D eigenvalue weighted by Crippen LogP contribution is -2.32. The largest absolute Gasteiger partial charge is 0.496 e. The fourth-order valence-electron chi connectivity index (χ4n) is 2.83. The maximum absolute atomic E-state index is 12.0. The Labute approximate surface area is 182 Å². The molecule has 0 heterocycles. The Bertz CT molecular complexity index is 996. The molecule has 0 radical (unpaired) electrons. The minimum Gasteiger partial charge on any atom is -0.496 e. The summed E-state index contributed by atoms with van der Waals surface area (Å²) in [5, 5.41) is 10.5. The Hall–Kier alpha value is -3.38. The van der Waals surface area contributed by atoms with Crippen LogP contribution in [0.25, 0.3) is 11.1 Å². The van der Waals surface area contributed by atoms with Crippen LogP contribution in [-0.2, 0) is 14.3 Å². The number of rotatable bonds is 8.